The number of methoxy groups -OCH3 is 1. The molecule has 0 heterocycles. The Labute approximate surface area is 171 Å². The molecule has 0 bridgehead atoms. The number of amides is 2. The summed E-state index contributed by atoms with van der Waals surface area (Å²) < 4.78 is 9.89. The molecule has 0 aliphatic heterocycles. The van der Waals surface area contributed by atoms with Crippen molar-refractivity contribution in [3.63, 3.8) is 0 Å². The van der Waals surface area contributed by atoms with Gasteiger partial charge in [-0.25, -0.2) is 9.59 Å². The van der Waals surface area contributed by atoms with Crippen LogP contribution in [-0.2, 0) is 25.7 Å². The molecule has 3 atom stereocenters. The van der Waals surface area contributed by atoms with Crippen molar-refractivity contribution in [2.24, 2.45) is 11.8 Å². The van der Waals surface area contributed by atoms with Gasteiger partial charge in [0.15, 0.2) is 0 Å². The minimum absolute atomic E-state index is 0.0765. The number of nitrogens with one attached hydrogen (secondary N) is 2. The van der Waals surface area contributed by atoms with Gasteiger partial charge in [-0.3, -0.25) is 4.79 Å². The van der Waals surface area contributed by atoms with Gasteiger partial charge in [-0.15, -0.1) is 0 Å². The van der Waals surface area contributed by atoms with Crippen molar-refractivity contribution in [3.8, 4) is 6.07 Å². The van der Waals surface area contributed by atoms with E-state index in [0.29, 0.717) is 6.42 Å². The fourth-order valence-electron chi connectivity index (χ4n) is 2.64. The predicted octanol–water partition coefficient (Wildman–Crippen LogP) is 2.54. The predicted molar refractivity (Wildman–Crippen MR) is 106 cm³/mol. The topological polar surface area (TPSA) is 118 Å². The van der Waals surface area contributed by atoms with Gasteiger partial charge < -0.3 is 20.1 Å². The number of benzene rings is 1. The highest BCUT2D eigenvalue weighted by Gasteiger charge is 2.29. The van der Waals surface area contributed by atoms with E-state index in [1.54, 1.807) is 6.92 Å². The van der Waals surface area contributed by atoms with Crippen molar-refractivity contribution in [2.75, 3.05) is 7.11 Å². The second-order valence-electron chi connectivity index (χ2n) is 7.24. The van der Waals surface area contributed by atoms with E-state index in [-0.39, 0.29) is 18.9 Å². The van der Waals surface area contributed by atoms with Crippen LogP contribution in [0.25, 0.3) is 0 Å². The quantitative estimate of drug-likeness (QED) is 0.580. The number of esters is 1. The zero-order valence-electron chi connectivity index (χ0n) is 17.3. The maximum absolute atomic E-state index is 12.7. The summed E-state index contributed by atoms with van der Waals surface area (Å²) in [6.07, 6.45) is -0.259. The standard InChI is InChI=1S/C21H29N3O5/c1-14(2)10-17(24-21(27)29-13-16-8-6-5-7-9-16)19(25)23-18(20(26)28-4)11-15(3)12-22/h5-9,14-15,17-18H,10-11,13H2,1-4H3,(H,23,25)(H,24,27)/t15-,17+,18-/m1/s1. The number of nitrogens with zero attached hydrogens (tertiary/aromatic N) is 1. The lowest BCUT2D eigenvalue weighted by atomic mass is 10.0. The molecule has 0 aliphatic rings. The molecule has 0 fully saturated rings. The molecule has 29 heavy (non-hydrogen) atoms. The first-order valence-corrected chi connectivity index (χ1v) is 9.51. The molecule has 0 saturated carbocycles. The molecule has 0 radical (unpaired) electrons. The van der Waals surface area contributed by atoms with E-state index in [0.717, 1.165) is 5.56 Å². The largest absolute Gasteiger partial charge is 0.467 e. The Bertz CT molecular complexity index is 715. The van der Waals surface area contributed by atoms with Crippen LogP contribution in [0.15, 0.2) is 30.3 Å². The molecule has 158 valence electrons. The van der Waals surface area contributed by atoms with Gasteiger partial charge in [0.25, 0.3) is 0 Å². The molecule has 0 saturated heterocycles. The SMILES string of the molecule is COC(=O)[C@@H](C[C@@H](C)C#N)NC(=O)[C@H](CC(C)C)NC(=O)OCc1ccccc1. The van der Waals surface area contributed by atoms with Crippen LogP contribution in [0.1, 0.15) is 39.2 Å². The molecule has 0 unspecified atom stereocenters. The first-order chi connectivity index (χ1) is 13.8. The van der Waals surface area contributed by atoms with E-state index < -0.39 is 36.0 Å². The number of rotatable bonds is 10. The molecule has 0 aromatic heterocycles. The Hall–Kier alpha value is -3.08. The van der Waals surface area contributed by atoms with Crippen molar-refractivity contribution in [1.29, 1.82) is 5.26 Å². The van der Waals surface area contributed by atoms with Crippen LogP contribution in [0, 0.1) is 23.2 Å². The molecule has 0 spiro atoms. The number of hydrogen-bond acceptors (Lipinski definition) is 6. The minimum atomic E-state index is -0.973. The lowest BCUT2D eigenvalue weighted by Gasteiger charge is -2.23. The molecule has 1 rings (SSSR count). The average molecular weight is 403 g/mol. The Balaban J connectivity index is 2.75. The Morgan fingerprint density at radius 1 is 1.03 bits per heavy atom. The monoisotopic (exact) mass is 403 g/mol. The third-order valence-corrected chi connectivity index (χ3v) is 4.14. The average Bonchev–Trinajstić information content (AvgIpc) is 2.70. The summed E-state index contributed by atoms with van der Waals surface area (Å²) in [5, 5.41) is 14.1. The zero-order chi connectivity index (χ0) is 21.8. The molecule has 8 nitrogen and oxygen atoms in total. The van der Waals surface area contributed by atoms with E-state index in [1.807, 2.05) is 50.2 Å². The molecule has 2 N–H and O–H groups in total. The molecule has 1 aromatic rings. The van der Waals surface area contributed by atoms with Crippen LogP contribution in [0.2, 0.25) is 0 Å². The number of hydrogen-bond donors (Lipinski definition) is 2. The molecule has 2 amide bonds. The Morgan fingerprint density at radius 2 is 1.69 bits per heavy atom. The zero-order valence-corrected chi connectivity index (χ0v) is 17.3. The van der Waals surface area contributed by atoms with Gasteiger partial charge in [-0.2, -0.15) is 5.26 Å². The van der Waals surface area contributed by atoms with Crippen LogP contribution in [0.4, 0.5) is 4.79 Å². The van der Waals surface area contributed by atoms with Crippen molar-refractivity contribution < 1.29 is 23.9 Å². The fourth-order valence-corrected chi connectivity index (χ4v) is 2.64. The third kappa shape index (κ3) is 9.10. The first-order valence-electron chi connectivity index (χ1n) is 9.51. The van der Waals surface area contributed by atoms with Crippen molar-refractivity contribution >= 4 is 18.0 Å². The maximum Gasteiger partial charge on any atom is 0.408 e. The van der Waals surface area contributed by atoms with Gasteiger partial charge in [-0.1, -0.05) is 44.2 Å². The molecule has 8 heteroatoms. The van der Waals surface area contributed by atoms with Crippen LogP contribution in [0.3, 0.4) is 0 Å². The summed E-state index contributed by atoms with van der Waals surface area (Å²) in [7, 11) is 1.21. The number of alkyl carbamates (subject to hydrolysis) is 1. The summed E-state index contributed by atoms with van der Waals surface area (Å²) in [5.74, 6) is -1.52. The van der Waals surface area contributed by atoms with Crippen molar-refractivity contribution in [3.05, 3.63) is 35.9 Å². The van der Waals surface area contributed by atoms with Crippen LogP contribution in [0.5, 0.6) is 0 Å². The molecule has 1 aromatic carbocycles. The van der Waals surface area contributed by atoms with E-state index in [4.69, 9.17) is 14.7 Å². The second kappa shape index (κ2) is 12.4. The summed E-state index contributed by atoms with van der Waals surface area (Å²) in [6, 6.07) is 9.34. The van der Waals surface area contributed by atoms with E-state index in [2.05, 4.69) is 10.6 Å². The number of nitriles is 1. The van der Waals surface area contributed by atoms with E-state index in [1.165, 1.54) is 7.11 Å². The van der Waals surface area contributed by atoms with Gasteiger partial charge in [0.2, 0.25) is 5.91 Å². The molecular weight excluding hydrogens is 374 g/mol. The second-order valence-corrected chi connectivity index (χ2v) is 7.24. The summed E-state index contributed by atoms with van der Waals surface area (Å²) in [4.78, 5) is 36.8. The minimum Gasteiger partial charge on any atom is -0.467 e. The fraction of sp³-hybridized carbons (Fsp3) is 0.524. The number of ether oxygens (including phenoxy) is 2. The first kappa shape index (κ1) is 24.0. The van der Waals surface area contributed by atoms with Gasteiger partial charge in [0.1, 0.15) is 18.7 Å². The summed E-state index contributed by atoms with van der Waals surface area (Å²) in [6.45, 7) is 5.54. The Kier molecular flexibility index (Phi) is 10.2. The van der Waals surface area contributed by atoms with Gasteiger partial charge >= 0.3 is 12.1 Å². The van der Waals surface area contributed by atoms with E-state index >= 15 is 0 Å². The smallest absolute Gasteiger partial charge is 0.408 e. The van der Waals surface area contributed by atoms with Crippen LogP contribution < -0.4 is 10.6 Å². The van der Waals surface area contributed by atoms with Gasteiger partial charge in [0, 0.05) is 5.92 Å². The highest BCUT2D eigenvalue weighted by Crippen LogP contribution is 2.10. The third-order valence-electron chi connectivity index (χ3n) is 4.14. The van der Waals surface area contributed by atoms with Gasteiger partial charge in [0.05, 0.1) is 13.2 Å². The van der Waals surface area contributed by atoms with Crippen molar-refractivity contribution in [1.82, 2.24) is 10.6 Å². The lowest BCUT2D eigenvalue weighted by Crippen LogP contribution is -2.52. The van der Waals surface area contributed by atoms with E-state index in [9.17, 15) is 14.4 Å². The molecular formula is C21H29N3O5. The number of carbonyl (C=O) groups is 3. The van der Waals surface area contributed by atoms with Crippen LogP contribution in [-0.4, -0.2) is 37.2 Å². The lowest BCUT2D eigenvalue weighted by molar-refractivity contribution is -0.145. The Morgan fingerprint density at radius 3 is 2.24 bits per heavy atom. The molecule has 0 aliphatic carbocycles. The summed E-state index contributed by atoms with van der Waals surface area (Å²) in [5.41, 5.74) is 0.823. The summed E-state index contributed by atoms with van der Waals surface area (Å²) >= 11 is 0. The number of carbonyl (C=O) groups excluding carboxylic acids is 3. The maximum atomic E-state index is 12.7. The van der Waals surface area contributed by atoms with Gasteiger partial charge in [-0.05, 0) is 31.2 Å². The highest BCUT2D eigenvalue weighted by molar-refractivity contribution is 5.89. The normalized spacial score (nSPS) is 13.5. The highest BCUT2D eigenvalue weighted by atomic mass is 16.5. The van der Waals surface area contributed by atoms with Crippen molar-refractivity contribution in [2.45, 2.75) is 52.3 Å². The van der Waals surface area contributed by atoms with Crippen LogP contribution >= 0.6 is 0 Å².